The zero-order valence-electron chi connectivity index (χ0n) is 13.3. The summed E-state index contributed by atoms with van der Waals surface area (Å²) in [4.78, 5) is 28.1. The fraction of sp³-hybridized carbons (Fsp3) is 0.643. The molecule has 0 aliphatic carbocycles. The first-order valence-electron chi connectivity index (χ1n) is 7.42. The van der Waals surface area contributed by atoms with E-state index in [-0.39, 0.29) is 42.9 Å². The highest BCUT2D eigenvalue weighted by Crippen LogP contribution is 2.18. The number of carbonyl (C=O) groups excluding carboxylic acids is 2. The first-order valence-corrected chi connectivity index (χ1v) is 7.42. The quantitative estimate of drug-likeness (QED) is 0.792. The van der Waals surface area contributed by atoms with Gasteiger partial charge in [0.25, 0.3) is 0 Å². The largest absolute Gasteiger partial charge is 0.380 e. The Morgan fingerprint density at radius 2 is 2.22 bits per heavy atom. The Morgan fingerprint density at radius 3 is 2.78 bits per heavy atom. The number of hydrogen-bond donors (Lipinski definition) is 1. The Kier molecular flexibility index (Phi) is 5.61. The molecule has 0 aromatic carbocycles. The molecule has 2 saturated heterocycles. The van der Waals surface area contributed by atoms with Crippen LogP contribution in [-0.2, 0) is 21.4 Å². The molecule has 128 valence electrons. The second-order valence-corrected chi connectivity index (χ2v) is 5.73. The van der Waals surface area contributed by atoms with Crippen LogP contribution in [0, 0.1) is 0 Å². The van der Waals surface area contributed by atoms with Gasteiger partial charge in [-0.15, -0.1) is 12.4 Å². The van der Waals surface area contributed by atoms with Crippen molar-refractivity contribution in [3.8, 4) is 0 Å². The topological polar surface area (TPSA) is 79.7 Å². The van der Waals surface area contributed by atoms with E-state index in [1.807, 2.05) is 7.05 Å². The van der Waals surface area contributed by atoms with E-state index in [0.29, 0.717) is 26.1 Å². The summed E-state index contributed by atoms with van der Waals surface area (Å²) in [5, 5.41) is 7.24. The van der Waals surface area contributed by atoms with E-state index < -0.39 is 0 Å². The average molecular weight is 344 g/mol. The second kappa shape index (κ2) is 7.29. The lowest BCUT2D eigenvalue weighted by Gasteiger charge is -2.34. The first-order chi connectivity index (χ1) is 10.6. The normalized spacial score (nSPS) is 24.7. The minimum absolute atomic E-state index is 0. The van der Waals surface area contributed by atoms with Crippen molar-refractivity contribution in [1.29, 1.82) is 0 Å². The summed E-state index contributed by atoms with van der Waals surface area (Å²) in [7, 11) is 3.46. The molecule has 0 bridgehead atoms. The lowest BCUT2D eigenvalue weighted by Crippen LogP contribution is -2.55. The number of aromatic nitrogens is 2. The molecule has 0 spiro atoms. The molecule has 2 aliphatic heterocycles. The molecule has 23 heavy (non-hydrogen) atoms. The lowest BCUT2D eigenvalue weighted by atomic mass is 10.1. The van der Waals surface area contributed by atoms with Crippen LogP contribution in [0.3, 0.4) is 0 Å². The van der Waals surface area contributed by atoms with Crippen molar-refractivity contribution in [3.05, 3.63) is 12.4 Å². The van der Waals surface area contributed by atoms with Gasteiger partial charge in [0, 0.05) is 40.0 Å². The number of methoxy groups -OCH3 is 1. The number of nitrogens with zero attached hydrogens (tertiary/aromatic N) is 4. The molecule has 8 nitrogen and oxygen atoms in total. The third-order valence-corrected chi connectivity index (χ3v) is 4.26. The van der Waals surface area contributed by atoms with Crippen LogP contribution in [0.4, 0.5) is 5.69 Å². The van der Waals surface area contributed by atoms with E-state index in [4.69, 9.17) is 4.74 Å². The number of halogens is 1. The highest BCUT2D eigenvalue weighted by atomic mass is 35.5. The van der Waals surface area contributed by atoms with Gasteiger partial charge >= 0.3 is 0 Å². The summed E-state index contributed by atoms with van der Waals surface area (Å²) < 4.78 is 6.92. The van der Waals surface area contributed by atoms with E-state index in [9.17, 15) is 9.59 Å². The Bertz CT molecular complexity index is 579. The maximum atomic E-state index is 12.5. The summed E-state index contributed by atoms with van der Waals surface area (Å²) in [5.74, 6) is -0.0902. The number of nitrogens with one attached hydrogen (secondary N) is 1. The van der Waals surface area contributed by atoms with Crippen LogP contribution in [0.2, 0.25) is 0 Å². The fourth-order valence-corrected chi connectivity index (χ4v) is 2.97. The van der Waals surface area contributed by atoms with Crippen LogP contribution in [0.15, 0.2) is 12.4 Å². The molecule has 0 saturated carbocycles. The van der Waals surface area contributed by atoms with Gasteiger partial charge in [0.2, 0.25) is 11.8 Å². The highest BCUT2D eigenvalue weighted by molar-refractivity contribution is 5.98. The van der Waals surface area contributed by atoms with Crippen molar-refractivity contribution < 1.29 is 14.3 Å². The molecule has 2 fully saturated rings. The van der Waals surface area contributed by atoms with Crippen molar-refractivity contribution in [2.45, 2.75) is 18.6 Å². The predicted octanol–water partition coefficient (Wildman–Crippen LogP) is -0.606. The molecular weight excluding hydrogens is 322 g/mol. The zero-order chi connectivity index (χ0) is 15.7. The Balaban J connectivity index is 0.00000192. The third kappa shape index (κ3) is 3.65. The molecule has 2 amide bonds. The summed E-state index contributed by atoms with van der Waals surface area (Å²) in [6, 6.07) is -0.248. The van der Waals surface area contributed by atoms with E-state index in [1.54, 1.807) is 34.0 Å². The van der Waals surface area contributed by atoms with Gasteiger partial charge in [-0.3, -0.25) is 14.3 Å². The van der Waals surface area contributed by atoms with Crippen LogP contribution in [0.5, 0.6) is 0 Å². The summed E-state index contributed by atoms with van der Waals surface area (Å²) in [6.45, 7) is 1.83. The molecule has 3 rings (SSSR count). The maximum absolute atomic E-state index is 12.5. The van der Waals surface area contributed by atoms with Gasteiger partial charge in [-0.05, 0) is 6.42 Å². The minimum atomic E-state index is -0.248. The van der Waals surface area contributed by atoms with Crippen LogP contribution in [0.1, 0.15) is 6.42 Å². The number of aryl methyl sites for hydroxylation is 1. The first kappa shape index (κ1) is 17.7. The molecule has 9 heteroatoms. The van der Waals surface area contributed by atoms with E-state index >= 15 is 0 Å². The van der Waals surface area contributed by atoms with E-state index in [1.165, 1.54) is 0 Å². The second-order valence-electron chi connectivity index (χ2n) is 5.73. The molecule has 3 heterocycles. The van der Waals surface area contributed by atoms with Crippen molar-refractivity contribution in [3.63, 3.8) is 0 Å². The van der Waals surface area contributed by atoms with Crippen LogP contribution in [-0.4, -0.2) is 71.9 Å². The van der Waals surface area contributed by atoms with Gasteiger partial charge in [-0.1, -0.05) is 0 Å². The highest BCUT2D eigenvalue weighted by Gasteiger charge is 2.35. The maximum Gasteiger partial charge on any atom is 0.246 e. The average Bonchev–Trinajstić information content (AvgIpc) is 3.15. The zero-order valence-corrected chi connectivity index (χ0v) is 14.1. The number of rotatable bonds is 3. The molecular formula is C14H22ClN5O3. The minimum Gasteiger partial charge on any atom is -0.380 e. The molecule has 0 radical (unpaired) electrons. The molecule has 2 aliphatic rings. The van der Waals surface area contributed by atoms with Gasteiger partial charge in [0.05, 0.1) is 24.0 Å². The molecule has 1 aromatic heterocycles. The smallest absolute Gasteiger partial charge is 0.246 e. The number of piperazine rings is 1. The van der Waals surface area contributed by atoms with E-state index in [0.717, 1.165) is 5.69 Å². The molecule has 1 N–H and O–H groups in total. The van der Waals surface area contributed by atoms with E-state index in [2.05, 4.69) is 10.4 Å². The van der Waals surface area contributed by atoms with Gasteiger partial charge in [0.15, 0.2) is 0 Å². The molecule has 0 unspecified atom stereocenters. The van der Waals surface area contributed by atoms with Gasteiger partial charge < -0.3 is 19.9 Å². The lowest BCUT2D eigenvalue weighted by molar-refractivity contribution is -0.138. The molecule has 1 aromatic rings. The van der Waals surface area contributed by atoms with Gasteiger partial charge in [-0.2, -0.15) is 5.10 Å². The third-order valence-electron chi connectivity index (χ3n) is 4.26. The van der Waals surface area contributed by atoms with Crippen molar-refractivity contribution >= 4 is 29.9 Å². The summed E-state index contributed by atoms with van der Waals surface area (Å²) in [6.07, 6.45) is 4.20. The standard InChI is InChI=1S/C14H21N5O3.ClH/c1-17-8-10(6-16-17)19-4-3-18(9-13(19)20)14(21)12-5-11(22-2)7-15-12;/h6,8,11-12,15H,3-5,7,9H2,1-2H3;1H/t11-,12-;/m0./s1. The van der Waals surface area contributed by atoms with Crippen LogP contribution >= 0.6 is 12.4 Å². The van der Waals surface area contributed by atoms with Crippen molar-refractivity contribution in [2.24, 2.45) is 7.05 Å². The van der Waals surface area contributed by atoms with Crippen molar-refractivity contribution in [1.82, 2.24) is 20.0 Å². The number of carbonyl (C=O) groups is 2. The predicted molar refractivity (Wildman–Crippen MR) is 86.6 cm³/mol. The number of amides is 2. The Labute approximate surface area is 141 Å². The van der Waals surface area contributed by atoms with Crippen LogP contribution < -0.4 is 10.2 Å². The SMILES string of the molecule is CO[C@@H]1CN[C@H](C(=O)N2CCN(c3cnn(C)c3)C(=O)C2)C1.Cl. The van der Waals surface area contributed by atoms with Gasteiger partial charge in [0.1, 0.15) is 6.54 Å². The number of hydrogen-bond acceptors (Lipinski definition) is 5. The van der Waals surface area contributed by atoms with Crippen molar-refractivity contribution in [2.75, 3.05) is 38.2 Å². The van der Waals surface area contributed by atoms with Gasteiger partial charge in [-0.25, -0.2) is 0 Å². The Hall–Kier alpha value is -1.64. The summed E-state index contributed by atoms with van der Waals surface area (Å²) in [5.41, 5.74) is 0.776. The summed E-state index contributed by atoms with van der Waals surface area (Å²) >= 11 is 0. The molecule has 2 atom stereocenters. The number of ether oxygens (including phenoxy) is 1. The Morgan fingerprint density at radius 1 is 1.43 bits per heavy atom. The number of anilines is 1. The van der Waals surface area contributed by atoms with Crippen LogP contribution in [0.25, 0.3) is 0 Å². The monoisotopic (exact) mass is 343 g/mol. The fourth-order valence-electron chi connectivity index (χ4n) is 2.97.